The van der Waals surface area contributed by atoms with Crippen molar-refractivity contribution in [3.8, 4) is 5.69 Å². The fourth-order valence-electron chi connectivity index (χ4n) is 3.86. The van der Waals surface area contributed by atoms with Gasteiger partial charge in [-0.1, -0.05) is 24.3 Å². The number of thiocarbonyl (C=S) groups is 1. The molecule has 4 aromatic rings. The number of para-hydroxylation sites is 1. The number of hydrogen-bond donors (Lipinski definition) is 1. The second kappa shape index (κ2) is 7.56. The molecule has 1 aliphatic heterocycles. The standard InChI is InChI=1S/C23H20N4OS/c29-23-25-21(20-10-4-5-12-24-20)22(27(23)16-19-9-6-14-28-19)17-11-13-26(15-17)18-7-2-1-3-8-18/h1-15,21-22H,16H2,(H,25,29)/t21-,22+/m1/s1. The SMILES string of the molecule is S=C1N[C@H](c2ccccn2)[C@H](c2ccn(-c3ccccc3)c2)N1Cc1ccco1. The van der Waals surface area contributed by atoms with Gasteiger partial charge >= 0.3 is 0 Å². The van der Waals surface area contributed by atoms with E-state index in [1.807, 2.05) is 54.7 Å². The van der Waals surface area contributed by atoms with Crippen molar-refractivity contribution in [3.05, 3.63) is 109 Å². The van der Waals surface area contributed by atoms with Crippen molar-refractivity contribution in [1.29, 1.82) is 0 Å². The van der Waals surface area contributed by atoms with Gasteiger partial charge in [-0.3, -0.25) is 4.98 Å². The van der Waals surface area contributed by atoms with E-state index in [1.54, 1.807) is 6.26 Å². The molecule has 29 heavy (non-hydrogen) atoms. The lowest BCUT2D eigenvalue weighted by atomic mass is 9.99. The van der Waals surface area contributed by atoms with Crippen LogP contribution in [0.25, 0.3) is 5.69 Å². The summed E-state index contributed by atoms with van der Waals surface area (Å²) in [6, 6.07) is 22.3. The quantitative estimate of drug-likeness (QED) is 0.495. The third kappa shape index (κ3) is 3.43. The molecule has 0 aliphatic carbocycles. The highest BCUT2D eigenvalue weighted by molar-refractivity contribution is 7.80. The van der Waals surface area contributed by atoms with E-state index in [9.17, 15) is 0 Å². The molecule has 1 fully saturated rings. The summed E-state index contributed by atoms with van der Waals surface area (Å²) in [5, 5.41) is 4.18. The van der Waals surface area contributed by atoms with Crippen molar-refractivity contribution < 1.29 is 4.42 Å². The van der Waals surface area contributed by atoms with Gasteiger partial charge in [-0.15, -0.1) is 0 Å². The molecule has 0 amide bonds. The smallest absolute Gasteiger partial charge is 0.170 e. The first-order valence-electron chi connectivity index (χ1n) is 9.53. The summed E-state index contributed by atoms with van der Waals surface area (Å²) in [6.45, 7) is 0.601. The van der Waals surface area contributed by atoms with Crippen LogP contribution in [0, 0.1) is 0 Å². The van der Waals surface area contributed by atoms with E-state index in [1.165, 1.54) is 5.56 Å². The van der Waals surface area contributed by atoms with E-state index in [4.69, 9.17) is 16.6 Å². The van der Waals surface area contributed by atoms with Crippen molar-refractivity contribution in [2.75, 3.05) is 0 Å². The van der Waals surface area contributed by atoms with Gasteiger partial charge in [0, 0.05) is 24.3 Å². The zero-order valence-corrected chi connectivity index (χ0v) is 16.5. The molecule has 0 radical (unpaired) electrons. The van der Waals surface area contributed by atoms with E-state index < -0.39 is 0 Å². The summed E-state index contributed by atoms with van der Waals surface area (Å²) >= 11 is 5.71. The van der Waals surface area contributed by atoms with Crippen LogP contribution in [0.4, 0.5) is 0 Å². The Morgan fingerprint density at radius 3 is 2.62 bits per heavy atom. The molecule has 0 saturated carbocycles. The molecule has 0 bridgehead atoms. The number of hydrogen-bond acceptors (Lipinski definition) is 3. The number of furan rings is 1. The summed E-state index contributed by atoms with van der Waals surface area (Å²) < 4.78 is 7.73. The van der Waals surface area contributed by atoms with E-state index in [-0.39, 0.29) is 12.1 Å². The number of rotatable bonds is 5. The van der Waals surface area contributed by atoms with Crippen LogP contribution in [-0.4, -0.2) is 19.6 Å². The van der Waals surface area contributed by atoms with Gasteiger partial charge in [-0.25, -0.2) is 0 Å². The second-order valence-electron chi connectivity index (χ2n) is 7.02. The molecule has 1 saturated heterocycles. The topological polar surface area (TPSA) is 46.2 Å². The largest absolute Gasteiger partial charge is 0.467 e. The Labute approximate surface area is 174 Å². The van der Waals surface area contributed by atoms with Crippen LogP contribution < -0.4 is 5.32 Å². The van der Waals surface area contributed by atoms with Crippen molar-refractivity contribution in [2.45, 2.75) is 18.6 Å². The van der Waals surface area contributed by atoms with Crippen LogP contribution in [0.3, 0.4) is 0 Å². The lowest BCUT2D eigenvalue weighted by Crippen LogP contribution is -2.28. The van der Waals surface area contributed by atoms with Gasteiger partial charge in [0.1, 0.15) is 5.76 Å². The first-order valence-corrected chi connectivity index (χ1v) is 9.94. The van der Waals surface area contributed by atoms with Crippen molar-refractivity contribution in [2.24, 2.45) is 0 Å². The van der Waals surface area contributed by atoms with E-state index >= 15 is 0 Å². The van der Waals surface area contributed by atoms with Gasteiger partial charge in [-0.05, 0) is 60.2 Å². The van der Waals surface area contributed by atoms with Crippen LogP contribution >= 0.6 is 12.2 Å². The molecular formula is C23H20N4OS. The van der Waals surface area contributed by atoms with Crippen LogP contribution in [-0.2, 0) is 6.54 Å². The van der Waals surface area contributed by atoms with Gasteiger partial charge in [0.05, 0.1) is 30.6 Å². The Morgan fingerprint density at radius 2 is 1.86 bits per heavy atom. The van der Waals surface area contributed by atoms with E-state index in [0.717, 1.165) is 17.1 Å². The van der Waals surface area contributed by atoms with Crippen LogP contribution in [0.15, 0.2) is 96.0 Å². The summed E-state index contributed by atoms with van der Waals surface area (Å²) in [6.07, 6.45) is 7.77. The number of nitrogens with one attached hydrogen (secondary N) is 1. The zero-order chi connectivity index (χ0) is 19.6. The maximum atomic E-state index is 5.71. The van der Waals surface area contributed by atoms with Crippen molar-refractivity contribution >= 4 is 17.3 Å². The molecule has 4 heterocycles. The summed E-state index contributed by atoms with van der Waals surface area (Å²) in [5.74, 6) is 0.878. The first kappa shape index (κ1) is 17.7. The van der Waals surface area contributed by atoms with Crippen LogP contribution in [0.1, 0.15) is 29.1 Å². The highest BCUT2D eigenvalue weighted by atomic mass is 32.1. The maximum Gasteiger partial charge on any atom is 0.170 e. The maximum absolute atomic E-state index is 5.71. The summed E-state index contributed by atoms with van der Waals surface area (Å²) in [5.41, 5.74) is 3.26. The Morgan fingerprint density at radius 1 is 1.00 bits per heavy atom. The monoisotopic (exact) mass is 400 g/mol. The minimum atomic E-state index is -0.0368. The molecule has 2 atom stereocenters. The average Bonchev–Trinajstić information content (AvgIpc) is 3.51. The number of aromatic nitrogens is 2. The highest BCUT2D eigenvalue weighted by Gasteiger charge is 2.40. The third-order valence-corrected chi connectivity index (χ3v) is 5.57. The van der Waals surface area contributed by atoms with Crippen molar-refractivity contribution in [1.82, 2.24) is 19.8 Å². The normalized spacial score (nSPS) is 18.8. The highest BCUT2D eigenvalue weighted by Crippen LogP contribution is 2.39. The molecule has 1 aromatic carbocycles. The Bertz CT molecular complexity index is 1090. The van der Waals surface area contributed by atoms with Gasteiger partial charge in [0.25, 0.3) is 0 Å². The number of benzene rings is 1. The van der Waals surface area contributed by atoms with Crippen LogP contribution in [0.5, 0.6) is 0 Å². The predicted octanol–water partition coefficient (Wildman–Crippen LogP) is 4.64. The van der Waals surface area contributed by atoms with Crippen LogP contribution in [0.2, 0.25) is 0 Å². The molecule has 1 N–H and O–H groups in total. The van der Waals surface area contributed by atoms with Crippen molar-refractivity contribution in [3.63, 3.8) is 0 Å². The molecule has 3 aromatic heterocycles. The Hall–Kier alpha value is -3.38. The molecule has 5 rings (SSSR count). The third-order valence-electron chi connectivity index (χ3n) is 5.22. The molecular weight excluding hydrogens is 380 g/mol. The minimum Gasteiger partial charge on any atom is -0.467 e. The van der Waals surface area contributed by atoms with Gasteiger partial charge in [-0.2, -0.15) is 0 Å². The molecule has 1 aliphatic rings. The molecule has 0 unspecified atom stereocenters. The van der Waals surface area contributed by atoms with Gasteiger partial charge < -0.3 is 19.2 Å². The predicted molar refractivity (Wildman–Crippen MR) is 115 cm³/mol. The van der Waals surface area contributed by atoms with Gasteiger partial charge in [0.2, 0.25) is 0 Å². The number of nitrogens with zero attached hydrogens (tertiary/aromatic N) is 3. The van der Waals surface area contributed by atoms with E-state index in [0.29, 0.717) is 11.7 Å². The Kier molecular flexibility index (Phi) is 4.62. The summed E-state index contributed by atoms with van der Waals surface area (Å²) in [4.78, 5) is 6.77. The number of pyridine rings is 1. The fourth-order valence-corrected chi connectivity index (χ4v) is 4.16. The fraction of sp³-hybridized carbons (Fsp3) is 0.130. The van der Waals surface area contributed by atoms with Gasteiger partial charge in [0.15, 0.2) is 5.11 Å². The second-order valence-corrected chi connectivity index (χ2v) is 7.41. The molecule has 144 valence electrons. The molecule has 6 heteroatoms. The van der Waals surface area contributed by atoms with E-state index in [2.05, 4.69) is 50.4 Å². The Balaban J connectivity index is 1.54. The lowest BCUT2D eigenvalue weighted by Gasteiger charge is -2.26. The minimum absolute atomic E-state index is 0.00691. The lowest BCUT2D eigenvalue weighted by molar-refractivity contribution is 0.287. The molecule has 5 nitrogen and oxygen atoms in total. The average molecular weight is 401 g/mol. The zero-order valence-electron chi connectivity index (χ0n) is 15.7. The summed E-state index contributed by atoms with van der Waals surface area (Å²) in [7, 11) is 0. The molecule has 0 spiro atoms. The first-order chi connectivity index (χ1) is 14.3.